The number of aryl methyl sites for hydroxylation is 1. The number of benzene rings is 1. The monoisotopic (exact) mass is 343 g/mol. The van der Waals surface area contributed by atoms with Crippen LogP contribution in [-0.2, 0) is 11.4 Å². The summed E-state index contributed by atoms with van der Waals surface area (Å²) in [5, 5.41) is 12.3. The number of rotatable bonds is 4. The number of carbonyl (C=O) groups excluding carboxylic acids is 1. The van der Waals surface area contributed by atoms with Gasteiger partial charge in [-0.05, 0) is 52.3 Å². The first-order valence-electron chi connectivity index (χ1n) is 6.52. The van der Waals surface area contributed by atoms with Crippen molar-refractivity contribution in [1.29, 1.82) is 0 Å². The van der Waals surface area contributed by atoms with Gasteiger partial charge in [-0.2, -0.15) is 0 Å². The van der Waals surface area contributed by atoms with Crippen LogP contribution >= 0.6 is 15.9 Å². The molecule has 0 aliphatic heterocycles. The molecule has 1 amide bonds. The van der Waals surface area contributed by atoms with E-state index in [1.807, 2.05) is 33.8 Å². The van der Waals surface area contributed by atoms with E-state index in [0.717, 1.165) is 10.0 Å². The molecule has 2 N–H and O–H groups in total. The standard InChI is InChI=1S/C15H22BrNO3/c1-9-6-12(16)7-11(8-18)13(9)20-10(2)14(19)17-15(3,4)5/h6-7,10,18H,8H2,1-5H3,(H,17,19). The summed E-state index contributed by atoms with van der Waals surface area (Å²) in [6.07, 6.45) is -0.626. The van der Waals surface area contributed by atoms with Crippen LogP contribution in [-0.4, -0.2) is 22.7 Å². The molecule has 0 bridgehead atoms. The van der Waals surface area contributed by atoms with Crippen molar-refractivity contribution in [3.63, 3.8) is 0 Å². The number of aliphatic hydroxyl groups excluding tert-OH is 1. The molecule has 0 aliphatic rings. The molecule has 1 atom stereocenters. The predicted octanol–water partition coefficient (Wildman–Crippen LogP) is 2.93. The van der Waals surface area contributed by atoms with E-state index in [2.05, 4.69) is 21.2 Å². The lowest BCUT2D eigenvalue weighted by molar-refractivity contribution is -0.128. The van der Waals surface area contributed by atoms with Gasteiger partial charge in [0.25, 0.3) is 5.91 Å². The van der Waals surface area contributed by atoms with Crippen molar-refractivity contribution in [2.75, 3.05) is 0 Å². The third-order valence-electron chi connectivity index (χ3n) is 2.65. The second-order valence-corrected chi connectivity index (χ2v) is 6.78. The highest BCUT2D eigenvalue weighted by atomic mass is 79.9. The van der Waals surface area contributed by atoms with E-state index in [-0.39, 0.29) is 18.1 Å². The minimum absolute atomic E-state index is 0.136. The molecule has 1 rings (SSSR count). The van der Waals surface area contributed by atoms with Crippen molar-refractivity contribution >= 4 is 21.8 Å². The van der Waals surface area contributed by atoms with Gasteiger partial charge in [0.15, 0.2) is 6.10 Å². The van der Waals surface area contributed by atoms with Crippen LogP contribution in [0, 0.1) is 6.92 Å². The van der Waals surface area contributed by atoms with E-state index in [1.165, 1.54) is 0 Å². The first-order valence-corrected chi connectivity index (χ1v) is 7.32. The average molecular weight is 344 g/mol. The molecule has 1 aromatic rings. The molecule has 0 spiro atoms. The topological polar surface area (TPSA) is 58.6 Å². The van der Waals surface area contributed by atoms with Gasteiger partial charge in [-0.1, -0.05) is 15.9 Å². The molecule has 1 unspecified atom stereocenters. The van der Waals surface area contributed by atoms with E-state index in [0.29, 0.717) is 11.3 Å². The Kier molecular flexibility index (Phi) is 5.59. The molecule has 5 heteroatoms. The number of aliphatic hydroxyl groups is 1. The van der Waals surface area contributed by atoms with Crippen LogP contribution in [0.1, 0.15) is 38.8 Å². The van der Waals surface area contributed by atoms with Gasteiger partial charge in [-0.25, -0.2) is 0 Å². The zero-order valence-electron chi connectivity index (χ0n) is 12.6. The molecular formula is C15H22BrNO3. The van der Waals surface area contributed by atoms with Gasteiger partial charge in [0, 0.05) is 15.6 Å². The van der Waals surface area contributed by atoms with Crippen molar-refractivity contribution in [1.82, 2.24) is 5.32 Å². The van der Waals surface area contributed by atoms with Crippen molar-refractivity contribution < 1.29 is 14.6 Å². The minimum atomic E-state index is -0.626. The van der Waals surface area contributed by atoms with Crippen molar-refractivity contribution in [3.8, 4) is 5.75 Å². The molecule has 0 radical (unpaired) electrons. The summed E-state index contributed by atoms with van der Waals surface area (Å²) in [5.41, 5.74) is 1.23. The van der Waals surface area contributed by atoms with Crippen LogP contribution in [0.4, 0.5) is 0 Å². The SMILES string of the molecule is Cc1cc(Br)cc(CO)c1OC(C)C(=O)NC(C)(C)C. The summed E-state index contributed by atoms with van der Waals surface area (Å²) in [4.78, 5) is 12.0. The largest absolute Gasteiger partial charge is 0.480 e. The van der Waals surface area contributed by atoms with Gasteiger partial charge in [0.1, 0.15) is 5.75 Å². The molecule has 0 saturated carbocycles. The number of halogens is 1. The minimum Gasteiger partial charge on any atom is -0.480 e. The van der Waals surface area contributed by atoms with Gasteiger partial charge in [0.2, 0.25) is 0 Å². The maximum Gasteiger partial charge on any atom is 0.261 e. The Morgan fingerprint density at radius 3 is 2.55 bits per heavy atom. The van der Waals surface area contributed by atoms with Gasteiger partial charge in [-0.3, -0.25) is 4.79 Å². The van der Waals surface area contributed by atoms with Crippen molar-refractivity contribution in [2.24, 2.45) is 0 Å². The lowest BCUT2D eigenvalue weighted by Gasteiger charge is -2.24. The van der Waals surface area contributed by atoms with Crippen LogP contribution in [0.25, 0.3) is 0 Å². The molecule has 0 heterocycles. The van der Waals surface area contributed by atoms with Gasteiger partial charge in [-0.15, -0.1) is 0 Å². The molecule has 20 heavy (non-hydrogen) atoms. The highest BCUT2D eigenvalue weighted by Gasteiger charge is 2.22. The third-order valence-corrected chi connectivity index (χ3v) is 3.11. The predicted molar refractivity (Wildman–Crippen MR) is 82.8 cm³/mol. The Labute approximate surface area is 128 Å². The lowest BCUT2D eigenvalue weighted by Crippen LogP contribution is -2.46. The Morgan fingerprint density at radius 2 is 2.05 bits per heavy atom. The van der Waals surface area contributed by atoms with Gasteiger partial charge < -0.3 is 15.2 Å². The number of hydrogen-bond acceptors (Lipinski definition) is 3. The number of amides is 1. The zero-order valence-corrected chi connectivity index (χ0v) is 14.2. The third kappa shape index (κ3) is 4.80. The quantitative estimate of drug-likeness (QED) is 0.883. The highest BCUT2D eigenvalue weighted by Crippen LogP contribution is 2.29. The Morgan fingerprint density at radius 1 is 1.45 bits per heavy atom. The molecule has 4 nitrogen and oxygen atoms in total. The summed E-state index contributed by atoms with van der Waals surface area (Å²) in [7, 11) is 0. The molecule has 0 aromatic heterocycles. The molecule has 112 valence electrons. The molecule has 1 aromatic carbocycles. The molecule has 0 fully saturated rings. The zero-order chi connectivity index (χ0) is 15.5. The fraction of sp³-hybridized carbons (Fsp3) is 0.533. The van der Waals surface area contributed by atoms with Crippen molar-refractivity contribution in [3.05, 3.63) is 27.7 Å². The second-order valence-electron chi connectivity index (χ2n) is 5.87. The lowest BCUT2D eigenvalue weighted by atomic mass is 10.1. The Bertz CT molecular complexity index is 495. The van der Waals surface area contributed by atoms with E-state index < -0.39 is 6.10 Å². The highest BCUT2D eigenvalue weighted by molar-refractivity contribution is 9.10. The average Bonchev–Trinajstić information content (AvgIpc) is 2.29. The summed E-state index contributed by atoms with van der Waals surface area (Å²) in [5.74, 6) is 0.385. The van der Waals surface area contributed by atoms with Crippen molar-refractivity contribution in [2.45, 2.75) is 52.9 Å². The molecule has 0 aliphatic carbocycles. The maximum atomic E-state index is 12.0. The van der Waals surface area contributed by atoms with Gasteiger partial charge in [0.05, 0.1) is 6.61 Å². The van der Waals surface area contributed by atoms with E-state index in [4.69, 9.17) is 4.74 Å². The first kappa shape index (κ1) is 17.0. The molecular weight excluding hydrogens is 322 g/mol. The maximum absolute atomic E-state index is 12.0. The van der Waals surface area contributed by atoms with Crippen LogP contribution < -0.4 is 10.1 Å². The van der Waals surface area contributed by atoms with E-state index >= 15 is 0 Å². The molecule has 0 saturated heterocycles. The fourth-order valence-corrected chi connectivity index (χ4v) is 2.41. The normalized spacial score (nSPS) is 12.9. The van der Waals surface area contributed by atoms with Gasteiger partial charge >= 0.3 is 0 Å². The number of nitrogens with one attached hydrogen (secondary N) is 1. The van der Waals surface area contributed by atoms with E-state index in [1.54, 1.807) is 13.0 Å². The smallest absolute Gasteiger partial charge is 0.261 e. The van der Waals surface area contributed by atoms with Crippen LogP contribution in [0.5, 0.6) is 5.75 Å². The number of ether oxygens (including phenoxy) is 1. The van der Waals surface area contributed by atoms with Crippen LogP contribution in [0.2, 0.25) is 0 Å². The van der Waals surface area contributed by atoms with Crippen LogP contribution in [0.3, 0.4) is 0 Å². The number of carbonyl (C=O) groups is 1. The van der Waals surface area contributed by atoms with E-state index in [9.17, 15) is 9.90 Å². The second kappa shape index (κ2) is 6.59. The summed E-state index contributed by atoms with van der Waals surface area (Å²) in [6.45, 7) is 9.20. The Hall–Kier alpha value is -1.07. The van der Waals surface area contributed by atoms with Crippen LogP contribution in [0.15, 0.2) is 16.6 Å². The summed E-state index contributed by atoms with van der Waals surface area (Å²) < 4.78 is 6.61. The number of hydrogen-bond donors (Lipinski definition) is 2. The summed E-state index contributed by atoms with van der Waals surface area (Å²) in [6, 6.07) is 3.68. The Balaban J connectivity index is 2.90. The summed E-state index contributed by atoms with van der Waals surface area (Å²) >= 11 is 3.38. The first-order chi connectivity index (χ1) is 9.14. The fourth-order valence-electron chi connectivity index (χ4n) is 1.79.